The highest BCUT2D eigenvalue weighted by molar-refractivity contribution is 6.43. The Bertz CT molecular complexity index is 1150. The minimum atomic E-state index is -1.76. The van der Waals surface area contributed by atoms with Crippen LogP contribution in [0.2, 0.25) is 0 Å². The summed E-state index contributed by atoms with van der Waals surface area (Å²) in [6, 6.07) is 6.79. The Morgan fingerprint density at radius 1 is 0.955 bits per heavy atom. The molecule has 1 aromatic rings. The molecule has 0 saturated carbocycles. The van der Waals surface area contributed by atoms with Gasteiger partial charge in [0.05, 0.1) is 18.9 Å². The van der Waals surface area contributed by atoms with Crippen LogP contribution in [0.15, 0.2) is 24.3 Å². The van der Waals surface area contributed by atoms with E-state index in [2.05, 4.69) is 5.32 Å². The maximum Gasteiger partial charge on any atom is 0.475 e. The maximum absolute atomic E-state index is 14.1. The van der Waals surface area contributed by atoms with Gasteiger partial charge in [0, 0.05) is 25.4 Å². The molecule has 3 N–H and O–H groups in total. The second-order valence-corrected chi connectivity index (χ2v) is 13.4. The molecule has 0 unspecified atom stereocenters. The van der Waals surface area contributed by atoms with Crippen LogP contribution >= 0.6 is 0 Å². The standard InChI is InChI=1S/C32H48BN3O8/c1-32(2,3)44-28(37)17-22-13-9-7-5-4-6-8-10-16-27(33(41)42)34-29(38)26-18-25(21-36(26)30(22)39)43-31(40)35-19-23-14-11-12-15-24(23)20-35/h11-12,14-15,22,25-27,41-42H,4-10,13,16-21H2,1-3H3,(H,34,38)/t22-,25-,26+,27+/m1/s1. The van der Waals surface area contributed by atoms with Crippen molar-refractivity contribution in [3.63, 3.8) is 0 Å². The molecular weight excluding hydrogens is 565 g/mol. The zero-order valence-electron chi connectivity index (χ0n) is 26.3. The molecule has 0 spiro atoms. The maximum atomic E-state index is 14.1. The minimum Gasteiger partial charge on any atom is -0.460 e. The molecule has 4 rings (SSSR count). The lowest BCUT2D eigenvalue weighted by atomic mass is 9.76. The molecule has 3 heterocycles. The number of carbonyl (C=O) groups is 4. The number of esters is 1. The smallest absolute Gasteiger partial charge is 0.460 e. The first kappa shape index (κ1) is 33.8. The molecular formula is C32H48BN3O8. The van der Waals surface area contributed by atoms with Gasteiger partial charge in [0.25, 0.3) is 0 Å². The highest BCUT2D eigenvalue weighted by Gasteiger charge is 2.45. The number of ether oxygens (including phenoxy) is 2. The molecule has 2 fully saturated rings. The van der Waals surface area contributed by atoms with Crippen LogP contribution in [0.5, 0.6) is 0 Å². The number of hydrogen-bond donors (Lipinski definition) is 3. The van der Waals surface area contributed by atoms with E-state index in [0.29, 0.717) is 25.9 Å². The number of fused-ring (bicyclic) bond motifs is 2. The van der Waals surface area contributed by atoms with Gasteiger partial charge in [0.15, 0.2) is 0 Å². The zero-order valence-corrected chi connectivity index (χ0v) is 26.3. The average Bonchev–Trinajstić information content (AvgIpc) is 3.57. The Morgan fingerprint density at radius 2 is 1.55 bits per heavy atom. The number of nitrogens with one attached hydrogen (secondary N) is 1. The molecule has 3 aliphatic heterocycles. The van der Waals surface area contributed by atoms with Crippen LogP contribution in [-0.4, -0.2) is 81.1 Å². The second kappa shape index (κ2) is 15.3. The Kier molecular flexibility index (Phi) is 11.7. The van der Waals surface area contributed by atoms with Gasteiger partial charge in [0.2, 0.25) is 11.8 Å². The first-order valence-corrected chi connectivity index (χ1v) is 16.1. The quantitative estimate of drug-likeness (QED) is 0.346. The predicted octanol–water partition coefficient (Wildman–Crippen LogP) is 3.48. The van der Waals surface area contributed by atoms with Crippen molar-refractivity contribution in [3.05, 3.63) is 35.4 Å². The van der Waals surface area contributed by atoms with E-state index in [9.17, 15) is 29.2 Å². The molecule has 0 bridgehead atoms. The molecule has 242 valence electrons. The molecule has 0 aromatic heterocycles. The van der Waals surface area contributed by atoms with Crippen LogP contribution in [0.4, 0.5) is 4.79 Å². The SMILES string of the molecule is CC(C)(C)OC(=O)C[C@H]1CCCCCCCCC[C@@H](B(O)O)NC(=O)[C@@H]2C[C@@H](OC(=O)N3Cc4ccccc4C3)CN2C1=O. The summed E-state index contributed by atoms with van der Waals surface area (Å²) in [7, 11) is -1.76. The predicted molar refractivity (Wildman–Crippen MR) is 164 cm³/mol. The van der Waals surface area contributed by atoms with Crippen molar-refractivity contribution < 1.29 is 38.7 Å². The summed E-state index contributed by atoms with van der Waals surface area (Å²) in [4.78, 5) is 56.8. The fraction of sp³-hybridized carbons (Fsp3) is 0.688. The van der Waals surface area contributed by atoms with Gasteiger partial charge >= 0.3 is 19.2 Å². The summed E-state index contributed by atoms with van der Waals surface area (Å²) in [5, 5.41) is 22.8. The number of nitrogens with zero attached hydrogens (tertiary/aromatic N) is 2. The van der Waals surface area contributed by atoms with E-state index in [4.69, 9.17) is 9.47 Å². The molecule has 44 heavy (non-hydrogen) atoms. The van der Waals surface area contributed by atoms with Crippen molar-refractivity contribution in [3.8, 4) is 0 Å². The third-order valence-electron chi connectivity index (χ3n) is 8.65. The van der Waals surface area contributed by atoms with Crippen LogP contribution < -0.4 is 5.32 Å². The van der Waals surface area contributed by atoms with Crippen LogP contribution in [0.1, 0.15) is 103 Å². The van der Waals surface area contributed by atoms with E-state index >= 15 is 0 Å². The lowest BCUT2D eigenvalue weighted by molar-refractivity contribution is -0.159. The van der Waals surface area contributed by atoms with E-state index in [0.717, 1.165) is 56.1 Å². The monoisotopic (exact) mass is 613 g/mol. The van der Waals surface area contributed by atoms with Gasteiger partial charge in [-0.25, -0.2) is 4.79 Å². The molecule has 11 nitrogen and oxygen atoms in total. The first-order valence-electron chi connectivity index (χ1n) is 16.1. The number of amides is 3. The number of rotatable bonds is 4. The average molecular weight is 614 g/mol. The molecule has 2 saturated heterocycles. The van der Waals surface area contributed by atoms with Gasteiger partial charge in [-0.05, 0) is 44.7 Å². The molecule has 4 atom stereocenters. The Hall–Kier alpha value is -3.12. The summed E-state index contributed by atoms with van der Waals surface area (Å²) >= 11 is 0. The topological polar surface area (TPSA) is 146 Å². The van der Waals surface area contributed by atoms with Gasteiger partial charge < -0.3 is 29.7 Å². The molecule has 3 amide bonds. The Balaban J connectivity index is 1.53. The van der Waals surface area contributed by atoms with Gasteiger partial charge in [0.1, 0.15) is 17.7 Å². The van der Waals surface area contributed by atoms with E-state index < -0.39 is 54.7 Å². The fourth-order valence-corrected chi connectivity index (χ4v) is 6.40. The van der Waals surface area contributed by atoms with Crippen LogP contribution in [-0.2, 0) is 36.9 Å². The van der Waals surface area contributed by atoms with Crippen molar-refractivity contribution in [2.45, 2.75) is 128 Å². The van der Waals surface area contributed by atoms with Crippen LogP contribution in [0, 0.1) is 5.92 Å². The summed E-state index contributed by atoms with van der Waals surface area (Å²) < 4.78 is 11.4. The molecule has 0 aliphatic carbocycles. The van der Waals surface area contributed by atoms with Crippen molar-refractivity contribution in [2.75, 3.05) is 6.54 Å². The third-order valence-corrected chi connectivity index (χ3v) is 8.65. The van der Waals surface area contributed by atoms with Crippen molar-refractivity contribution >= 4 is 31.0 Å². The third kappa shape index (κ3) is 9.44. The molecule has 12 heteroatoms. The Morgan fingerprint density at radius 3 is 2.14 bits per heavy atom. The fourth-order valence-electron chi connectivity index (χ4n) is 6.40. The number of carbonyl (C=O) groups excluding carboxylic acids is 4. The lowest BCUT2D eigenvalue weighted by Gasteiger charge is -2.30. The van der Waals surface area contributed by atoms with E-state index in [1.165, 1.54) is 4.90 Å². The van der Waals surface area contributed by atoms with E-state index in [1.807, 2.05) is 24.3 Å². The van der Waals surface area contributed by atoms with Crippen molar-refractivity contribution in [2.24, 2.45) is 5.92 Å². The van der Waals surface area contributed by atoms with Crippen molar-refractivity contribution in [1.29, 1.82) is 0 Å². The van der Waals surface area contributed by atoms with Gasteiger partial charge in [-0.15, -0.1) is 0 Å². The minimum absolute atomic E-state index is 0.000607. The van der Waals surface area contributed by atoms with Gasteiger partial charge in [-0.1, -0.05) is 69.2 Å². The first-order chi connectivity index (χ1) is 20.9. The number of hydrogen-bond acceptors (Lipinski definition) is 8. The highest BCUT2D eigenvalue weighted by atomic mass is 16.6. The summed E-state index contributed by atoms with van der Waals surface area (Å²) in [5.74, 6) is -2.97. The van der Waals surface area contributed by atoms with E-state index in [1.54, 1.807) is 25.7 Å². The molecule has 0 radical (unpaired) electrons. The largest absolute Gasteiger partial charge is 0.475 e. The summed E-state index contributed by atoms with van der Waals surface area (Å²) in [6.07, 6.45) is 5.87. The summed E-state index contributed by atoms with van der Waals surface area (Å²) in [5.41, 5.74) is 1.39. The van der Waals surface area contributed by atoms with Crippen LogP contribution in [0.25, 0.3) is 0 Å². The lowest BCUT2D eigenvalue weighted by Crippen LogP contribution is -2.54. The van der Waals surface area contributed by atoms with Crippen LogP contribution in [0.3, 0.4) is 0 Å². The highest BCUT2D eigenvalue weighted by Crippen LogP contribution is 2.29. The van der Waals surface area contributed by atoms with E-state index in [-0.39, 0.29) is 25.3 Å². The molecule has 3 aliphatic rings. The second-order valence-electron chi connectivity index (χ2n) is 13.4. The molecule has 1 aromatic carbocycles. The van der Waals surface area contributed by atoms with Crippen molar-refractivity contribution in [1.82, 2.24) is 15.1 Å². The number of benzene rings is 1. The summed E-state index contributed by atoms with van der Waals surface area (Å²) in [6.45, 7) is 6.16. The van der Waals surface area contributed by atoms with Gasteiger partial charge in [-0.3, -0.25) is 19.3 Å². The Labute approximate surface area is 260 Å². The normalized spacial score (nSPS) is 25.6. The zero-order chi connectivity index (χ0) is 31.9. The van der Waals surface area contributed by atoms with Gasteiger partial charge in [-0.2, -0.15) is 0 Å².